The second-order valence-electron chi connectivity index (χ2n) is 7.80. The average molecular weight is 409 g/mol. The Labute approximate surface area is 181 Å². The van der Waals surface area contributed by atoms with Crippen molar-refractivity contribution in [3.8, 4) is 11.1 Å². The number of anilines is 1. The number of nitrogens with one attached hydrogen (secondary N) is 1. The molecule has 1 fully saturated rings. The Morgan fingerprint density at radius 3 is 2.58 bits per heavy atom. The summed E-state index contributed by atoms with van der Waals surface area (Å²) in [5.41, 5.74) is 4.58. The van der Waals surface area contributed by atoms with E-state index in [1.54, 1.807) is 12.3 Å². The summed E-state index contributed by atoms with van der Waals surface area (Å²) in [5.74, 6) is 0.0921. The van der Waals surface area contributed by atoms with E-state index in [1.807, 2.05) is 18.2 Å². The van der Waals surface area contributed by atoms with Crippen LogP contribution in [0.4, 0.5) is 5.82 Å². The van der Waals surface area contributed by atoms with Crippen molar-refractivity contribution in [1.29, 1.82) is 0 Å². The van der Waals surface area contributed by atoms with Gasteiger partial charge in [0.1, 0.15) is 5.69 Å². The molecular formula is C25H23N5O. The zero-order valence-electron chi connectivity index (χ0n) is 17.2. The maximum Gasteiger partial charge on any atom is 0.275 e. The molecule has 6 nitrogen and oxygen atoms in total. The van der Waals surface area contributed by atoms with Gasteiger partial charge < -0.3 is 5.32 Å². The summed E-state index contributed by atoms with van der Waals surface area (Å²) in [7, 11) is 0. The number of amides is 1. The number of pyridine rings is 1. The van der Waals surface area contributed by atoms with Crippen LogP contribution in [0.3, 0.4) is 0 Å². The number of hydrogen-bond donors (Lipinski definition) is 1. The molecule has 2 aromatic heterocycles. The van der Waals surface area contributed by atoms with Crippen molar-refractivity contribution in [2.75, 3.05) is 18.4 Å². The number of rotatable bonds is 5. The summed E-state index contributed by atoms with van der Waals surface area (Å²) in [6.07, 6.45) is 7.20. The molecule has 4 aromatic rings. The molecule has 1 aliphatic rings. The van der Waals surface area contributed by atoms with Crippen LogP contribution in [0, 0.1) is 0 Å². The van der Waals surface area contributed by atoms with E-state index >= 15 is 0 Å². The molecule has 0 atom stereocenters. The number of fused-ring (bicyclic) bond motifs is 1. The van der Waals surface area contributed by atoms with E-state index in [-0.39, 0.29) is 5.91 Å². The lowest BCUT2D eigenvalue weighted by Crippen LogP contribution is -2.18. The number of benzene rings is 2. The molecule has 1 aliphatic heterocycles. The summed E-state index contributed by atoms with van der Waals surface area (Å²) < 4.78 is 0. The van der Waals surface area contributed by atoms with E-state index in [9.17, 15) is 4.79 Å². The monoisotopic (exact) mass is 409 g/mol. The molecular weight excluding hydrogens is 386 g/mol. The van der Waals surface area contributed by atoms with Gasteiger partial charge >= 0.3 is 0 Å². The third-order valence-corrected chi connectivity index (χ3v) is 5.63. The summed E-state index contributed by atoms with van der Waals surface area (Å²) in [6, 6.07) is 18.4. The Morgan fingerprint density at radius 2 is 1.81 bits per heavy atom. The van der Waals surface area contributed by atoms with Crippen LogP contribution in [0.15, 0.2) is 73.2 Å². The van der Waals surface area contributed by atoms with Crippen LogP contribution >= 0.6 is 0 Å². The summed E-state index contributed by atoms with van der Waals surface area (Å²) in [5, 5.41) is 3.74. The normalized spacial score (nSPS) is 14.1. The van der Waals surface area contributed by atoms with Gasteiger partial charge in [0, 0.05) is 29.9 Å². The molecule has 0 saturated carbocycles. The van der Waals surface area contributed by atoms with Gasteiger partial charge in [-0.05, 0) is 43.1 Å². The molecule has 0 unspecified atom stereocenters. The van der Waals surface area contributed by atoms with Gasteiger partial charge in [-0.25, -0.2) is 9.97 Å². The fourth-order valence-electron chi connectivity index (χ4n) is 4.04. The first-order chi connectivity index (χ1) is 15.3. The van der Waals surface area contributed by atoms with E-state index in [0.29, 0.717) is 11.5 Å². The van der Waals surface area contributed by atoms with Gasteiger partial charge in [0.15, 0.2) is 5.82 Å². The highest BCUT2D eigenvalue weighted by Crippen LogP contribution is 2.28. The zero-order chi connectivity index (χ0) is 21.0. The van der Waals surface area contributed by atoms with E-state index in [2.05, 4.69) is 55.5 Å². The van der Waals surface area contributed by atoms with Crippen LogP contribution in [-0.2, 0) is 6.54 Å². The summed E-state index contributed by atoms with van der Waals surface area (Å²) in [4.78, 5) is 27.9. The maximum absolute atomic E-state index is 12.7. The van der Waals surface area contributed by atoms with Gasteiger partial charge in [0.25, 0.3) is 5.91 Å². The maximum atomic E-state index is 12.7. The molecule has 2 aromatic carbocycles. The minimum atomic E-state index is -0.307. The first-order valence-electron chi connectivity index (χ1n) is 10.5. The van der Waals surface area contributed by atoms with Crippen LogP contribution in [0.25, 0.3) is 22.0 Å². The predicted octanol–water partition coefficient (Wildman–Crippen LogP) is 4.54. The quantitative estimate of drug-likeness (QED) is 0.524. The molecule has 0 aliphatic carbocycles. The highest BCUT2D eigenvalue weighted by atomic mass is 16.1. The fourth-order valence-corrected chi connectivity index (χ4v) is 4.04. The number of hydrogen-bond acceptors (Lipinski definition) is 5. The first-order valence-corrected chi connectivity index (χ1v) is 10.5. The van der Waals surface area contributed by atoms with Crippen molar-refractivity contribution in [1.82, 2.24) is 19.9 Å². The molecule has 0 bridgehead atoms. The summed E-state index contributed by atoms with van der Waals surface area (Å²) >= 11 is 0. The van der Waals surface area contributed by atoms with Gasteiger partial charge in [-0.15, -0.1) is 0 Å². The van der Waals surface area contributed by atoms with Crippen LogP contribution in [0.2, 0.25) is 0 Å². The average Bonchev–Trinajstić information content (AvgIpc) is 3.33. The number of carbonyl (C=O) groups excluding carboxylic acids is 1. The number of likely N-dealkylation sites (tertiary alicyclic amines) is 1. The van der Waals surface area contributed by atoms with Crippen molar-refractivity contribution in [3.05, 3.63) is 84.4 Å². The van der Waals surface area contributed by atoms with E-state index in [4.69, 9.17) is 0 Å². The SMILES string of the molecule is O=C(Nc1cnccn1)c1ccc2cccc(-c3ccc(CN4CCCC4)cc3)c2n1. The van der Waals surface area contributed by atoms with Gasteiger partial charge in [-0.3, -0.25) is 14.7 Å². The van der Waals surface area contributed by atoms with Crippen LogP contribution in [0.1, 0.15) is 28.9 Å². The minimum Gasteiger partial charge on any atom is -0.304 e. The molecule has 1 saturated heterocycles. The van der Waals surface area contributed by atoms with Crippen LogP contribution in [-0.4, -0.2) is 38.8 Å². The minimum absolute atomic E-state index is 0.307. The number of para-hydroxylation sites is 1. The van der Waals surface area contributed by atoms with Crippen LogP contribution < -0.4 is 5.32 Å². The Bertz CT molecular complexity index is 1200. The highest BCUT2D eigenvalue weighted by Gasteiger charge is 2.14. The lowest BCUT2D eigenvalue weighted by Gasteiger charge is -2.15. The van der Waals surface area contributed by atoms with Gasteiger partial charge in [0.05, 0.1) is 11.7 Å². The molecule has 3 heterocycles. The standard InChI is InChI=1S/C25H23N5O/c31-25(29-23-16-26-12-13-27-23)22-11-10-20-4-3-5-21(24(20)28-22)19-8-6-18(7-9-19)17-30-14-1-2-15-30/h3-13,16H,1-2,14-15,17H2,(H,27,29,31). The molecule has 1 N–H and O–H groups in total. The number of carbonyl (C=O) groups is 1. The Balaban J connectivity index is 1.43. The molecule has 154 valence electrons. The van der Waals surface area contributed by atoms with Crippen molar-refractivity contribution >= 4 is 22.6 Å². The van der Waals surface area contributed by atoms with Crippen molar-refractivity contribution in [2.45, 2.75) is 19.4 Å². The highest BCUT2D eigenvalue weighted by molar-refractivity contribution is 6.04. The molecule has 6 heteroatoms. The smallest absolute Gasteiger partial charge is 0.275 e. The third-order valence-electron chi connectivity index (χ3n) is 5.63. The Hall–Kier alpha value is -3.64. The Kier molecular flexibility index (Phi) is 5.37. The third kappa shape index (κ3) is 4.29. The Morgan fingerprint density at radius 1 is 0.968 bits per heavy atom. The topological polar surface area (TPSA) is 71.0 Å². The van der Waals surface area contributed by atoms with Crippen LogP contribution in [0.5, 0.6) is 0 Å². The number of aromatic nitrogens is 3. The number of nitrogens with zero attached hydrogens (tertiary/aromatic N) is 4. The molecule has 1 amide bonds. The van der Waals surface area contributed by atoms with E-state index in [1.165, 1.54) is 43.9 Å². The van der Waals surface area contributed by atoms with Crippen molar-refractivity contribution in [2.24, 2.45) is 0 Å². The predicted molar refractivity (Wildman–Crippen MR) is 122 cm³/mol. The van der Waals surface area contributed by atoms with Crippen molar-refractivity contribution in [3.63, 3.8) is 0 Å². The second-order valence-corrected chi connectivity index (χ2v) is 7.80. The second kappa shape index (κ2) is 8.62. The fraction of sp³-hybridized carbons (Fsp3) is 0.200. The molecule has 0 spiro atoms. The van der Waals surface area contributed by atoms with Crippen molar-refractivity contribution < 1.29 is 4.79 Å². The van der Waals surface area contributed by atoms with E-state index in [0.717, 1.165) is 28.6 Å². The lowest BCUT2D eigenvalue weighted by molar-refractivity contribution is 0.102. The molecule has 5 rings (SSSR count). The molecule has 31 heavy (non-hydrogen) atoms. The zero-order valence-corrected chi connectivity index (χ0v) is 17.2. The van der Waals surface area contributed by atoms with E-state index < -0.39 is 0 Å². The van der Waals surface area contributed by atoms with Gasteiger partial charge in [-0.1, -0.05) is 48.5 Å². The van der Waals surface area contributed by atoms with Gasteiger partial charge in [0.2, 0.25) is 0 Å². The largest absolute Gasteiger partial charge is 0.304 e. The lowest BCUT2D eigenvalue weighted by atomic mass is 10.0. The first kappa shape index (κ1) is 19.3. The van der Waals surface area contributed by atoms with Gasteiger partial charge in [-0.2, -0.15) is 0 Å². The molecule has 0 radical (unpaired) electrons. The summed E-state index contributed by atoms with van der Waals surface area (Å²) in [6.45, 7) is 3.38.